The number of carboxylic acid groups (broad SMARTS) is 1. The first-order valence-electron chi connectivity index (χ1n) is 8.98. The lowest BCUT2D eigenvalue weighted by Gasteiger charge is -2.41. The summed E-state index contributed by atoms with van der Waals surface area (Å²) in [5.74, 6) is -1.06. The maximum Gasteiger partial charge on any atom is 0.410 e. The molecule has 156 valence electrons. The first-order chi connectivity index (χ1) is 13.5. The molecule has 2 heterocycles. The summed E-state index contributed by atoms with van der Waals surface area (Å²) in [4.78, 5) is 31.9. The van der Waals surface area contributed by atoms with E-state index >= 15 is 0 Å². The average molecular weight is 486 g/mol. The number of anilines is 2. The second-order valence-electron chi connectivity index (χ2n) is 7.82. The molecule has 1 unspecified atom stereocenters. The second-order valence-corrected chi connectivity index (χ2v) is 9.08. The van der Waals surface area contributed by atoms with Crippen molar-refractivity contribution in [3.63, 3.8) is 0 Å². The minimum Gasteiger partial charge on any atom is -0.480 e. The molecule has 3 rings (SSSR count). The van der Waals surface area contributed by atoms with Crippen molar-refractivity contribution in [2.75, 3.05) is 30.3 Å². The molecule has 1 aromatic heterocycles. The Morgan fingerprint density at radius 3 is 2.66 bits per heavy atom. The highest BCUT2D eigenvalue weighted by Crippen LogP contribution is 2.38. The minimum absolute atomic E-state index is 0.0300. The Morgan fingerprint density at radius 2 is 2.03 bits per heavy atom. The number of aliphatic carboxylic acids is 1. The van der Waals surface area contributed by atoms with E-state index in [1.165, 1.54) is 11.1 Å². The number of carbonyl (C=O) groups excluding carboxylic acids is 1. The number of hydrogen-bond acceptors (Lipinski definition) is 6. The smallest absolute Gasteiger partial charge is 0.410 e. The molecule has 10 heteroatoms. The molecule has 0 bridgehead atoms. The number of nitrogen functional groups attached to an aromatic ring is 1. The topological polar surface area (TPSA) is 109 Å². The Labute approximate surface area is 181 Å². The molecule has 1 atom stereocenters. The van der Waals surface area contributed by atoms with Gasteiger partial charge < -0.3 is 25.4 Å². The van der Waals surface area contributed by atoms with Gasteiger partial charge in [0.15, 0.2) is 0 Å². The number of ether oxygens (including phenoxy) is 1. The van der Waals surface area contributed by atoms with E-state index in [-0.39, 0.29) is 13.1 Å². The Hall–Kier alpha value is -2.26. The maximum absolute atomic E-state index is 12.4. The van der Waals surface area contributed by atoms with E-state index in [9.17, 15) is 14.7 Å². The van der Waals surface area contributed by atoms with Gasteiger partial charge in [0.25, 0.3) is 0 Å². The number of amides is 1. The second kappa shape index (κ2) is 7.87. The van der Waals surface area contributed by atoms with Crippen molar-refractivity contribution >= 4 is 61.9 Å². The third kappa shape index (κ3) is 4.51. The monoisotopic (exact) mass is 484 g/mol. The van der Waals surface area contributed by atoms with Gasteiger partial charge in [-0.2, -0.15) is 0 Å². The average Bonchev–Trinajstić information content (AvgIpc) is 2.61. The SMILES string of the molecule is CC(C)(C)OC(=O)N1CCN(c2c(N)cnc3cc(Br)c(Cl)cc23)C(C(=O)O)C1. The van der Waals surface area contributed by atoms with Gasteiger partial charge >= 0.3 is 12.1 Å². The van der Waals surface area contributed by atoms with Gasteiger partial charge in [-0.1, -0.05) is 11.6 Å². The summed E-state index contributed by atoms with van der Waals surface area (Å²) >= 11 is 9.63. The largest absolute Gasteiger partial charge is 0.480 e. The fourth-order valence-corrected chi connectivity index (χ4v) is 3.76. The number of rotatable bonds is 2. The summed E-state index contributed by atoms with van der Waals surface area (Å²) in [6, 6.07) is 2.47. The third-order valence-electron chi connectivity index (χ3n) is 4.51. The van der Waals surface area contributed by atoms with E-state index in [4.69, 9.17) is 22.1 Å². The molecule has 8 nitrogen and oxygen atoms in total. The van der Waals surface area contributed by atoms with Crippen molar-refractivity contribution < 1.29 is 19.4 Å². The zero-order valence-corrected chi connectivity index (χ0v) is 18.6. The normalized spacial score (nSPS) is 17.5. The molecular formula is C19H22BrClN4O4. The molecule has 1 aromatic carbocycles. The van der Waals surface area contributed by atoms with Crippen LogP contribution >= 0.6 is 27.5 Å². The summed E-state index contributed by atoms with van der Waals surface area (Å²) < 4.78 is 6.07. The molecule has 3 N–H and O–H groups in total. The first kappa shape index (κ1) is 21.4. The predicted molar refractivity (Wildman–Crippen MR) is 115 cm³/mol. The van der Waals surface area contributed by atoms with Crippen LogP contribution in [0.1, 0.15) is 20.8 Å². The number of carboxylic acids is 1. The maximum atomic E-state index is 12.4. The van der Waals surface area contributed by atoms with Gasteiger partial charge in [-0.05, 0) is 48.8 Å². The summed E-state index contributed by atoms with van der Waals surface area (Å²) in [6.07, 6.45) is 0.958. The summed E-state index contributed by atoms with van der Waals surface area (Å²) in [7, 11) is 0. The van der Waals surface area contributed by atoms with Crippen LogP contribution in [0.2, 0.25) is 5.02 Å². The molecule has 2 aromatic rings. The molecule has 0 radical (unpaired) electrons. The van der Waals surface area contributed by atoms with Crippen molar-refractivity contribution in [1.29, 1.82) is 0 Å². The van der Waals surface area contributed by atoms with Crippen LogP contribution in [-0.2, 0) is 9.53 Å². The van der Waals surface area contributed by atoms with Crippen LogP contribution in [0.5, 0.6) is 0 Å². The Bertz CT molecular complexity index is 979. The molecule has 1 saturated heterocycles. The lowest BCUT2D eigenvalue weighted by atomic mass is 10.1. The number of hydrogen-bond donors (Lipinski definition) is 2. The molecular weight excluding hydrogens is 464 g/mol. The van der Waals surface area contributed by atoms with Crippen LogP contribution < -0.4 is 10.6 Å². The Kier molecular flexibility index (Phi) is 5.82. The highest BCUT2D eigenvalue weighted by molar-refractivity contribution is 9.10. The summed E-state index contributed by atoms with van der Waals surface area (Å²) in [5, 5.41) is 11.0. The number of benzene rings is 1. The van der Waals surface area contributed by atoms with Crippen LogP contribution in [0.15, 0.2) is 22.8 Å². The fraction of sp³-hybridized carbons (Fsp3) is 0.421. The Balaban J connectivity index is 1.99. The number of nitrogens with two attached hydrogens (primary N) is 1. The lowest BCUT2D eigenvalue weighted by molar-refractivity contribution is -0.139. The van der Waals surface area contributed by atoms with Gasteiger partial charge in [0.05, 0.1) is 34.7 Å². The highest BCUT2D eigenvalue weighted by atomic mass is 79.9. The summed E-state index contributed by atoms with van der Waals surface area (Å²) in [5.41, 5.74) is 7.04. The molecule has 1 amide bonds. The molecule has 0 spiro atoms. The van der Waals surface area contributed by atoms with Crippen LogP contribution in [-0.4, -0.2) is 58.3 Å². The minimum atomic E-state index is -1.06. The van der Waals surface area contributed by atoms with E-state index in [1.807, 2.05) is 0 Å². The Morgan fingerprint density at radius 1 is 1.34 bits per heavy atom. The predicted octanol–water partition coefficient (Wildman–Crippen LogP) is 3.74. The standard InChI is InChI=1S/C19H22BrClN4O4/c1-19(2,3)29-18(28)24-4-5-25(15(9-24)17(26)27)16-10-6-12(21)11(20)7-14(10)23-8-13(16)22/h6-8,15H,4-5,9,22H2,1-3H3,(H,26,27). The zero-order chi connectivity index (χ0) is 21.5. The van der Waals surface area contributed by atoms with Crippen molar-refractivity contribution in [2.45, 2.75) is 32.4 Å². The van der Waals surface area contributed by atoms with Gasteiger partial charge in [0, 0.05) is 22.9 Å². The van der Waals surface area contributed by atoms with Gasteiger partial charge in [0.2, 0.25) is 0 Å². The number of pyridine rings is 1. The van der Waals surface area contributed by atoms with Gasteiger partial charge in [0.1, 0.15) is 11.6 Å². The number of piperazine rings is 1. The number of nitrogens with zero attached hydrogens (tertiary/aromatic N) is 3. The number of halogens is 2. The molecule has 29 heavy (non-hydrogen) atoms. The van der Waals surface area contributed by atoms with E-state index in [1.54, 1.807) is 37.8 Å². The van der Waals surface area contributed by atoms with E-state index < -0.39 is 23.7 Å². The zero-order valence-electron chi connectivity index (χ0n) is 16.3. The highest BCUT2D eigenvalue weighted by Gasteiger charge is 2.37. The number of carbonyl (C=O) groups is 2. The summed E-state index contributed by atoms with van der Waals surface area (Å²) in [6.45, 7) is 5.84. The first-order valence-corrected chi connectivity index (χ1v) is 10.2. The molecule has 1 aliphatic rings. The van der Waals surface area contributed by atoms with E-state index in [0.717, 1.165) is 0 Å². The molecule has 0 saturated carbocycles. The molecule has 0 aliphatic carbocycles. The van der Waals surface area contributed by atoms with Crippen LogP contribution in [0, 0.1) is 0 Å². The quantitative estimate of drug-likeness (QED) is 0.667. The molecule has 1 fully saturated rings. The van der Waals surface area contributed by atoms with Crippen LogP contribution in [0.25, 0.3) is 10.9 Å². The van der Waals surface area contributed by atoms with E-state index in [2.05, 4.69) is 20.9 Å². The molecule has 1 aliphatic heterocycles. The third-order valence-corrected chi connectivity index (χ3v) is 5.71. The van der Waals surface area contributed by atoms with Gasteiger partial charge in [-0.25, -0.2) is 9.59 Å². The van der Waals surface area contributed by atoms with Crippen LogP contribution in [0.4, 0.5) is 16.2 Å². The van der Waals surface area contributed by atoms with Gasteiger partial charge in [-0.3, -0.25) is 4.98 Å². The van der Waals surface area contributed by atoms with Crippen LogP contribution in [0.3, 0.4) is 0 Å². The van der Waals surface area contributed by atoms with E-state index in [0.29, 0.717) is 38.3 Å². The fourth-order valence-electron chi connectivity index (χ4n) is 3.26. The van der Waals surface area contributed by atoms with Crippen molar-refractivity contribution in [2.24, 2.45) is 0 Å². The number of fused-ring (bicyclic) bond motifs is 1. The van der Waals surface area contributed by atoms with Crippen molar-refractivity contribution in [1.82, 2.24) is 9.88 Å². The van der Waals surface area contributed by atoms with Crippen molar-refractivity contribution in [3.8, 4) is 0 Å². The number of aromatic nitrogens is 1. The lowest BCUT2D eigenvalue weighted by Crippen LogP contribution is -2.58. The van der Waals surface area contributed by atoms with Gasteiger partial charge in [-0.15, -0.1) is 0 Å². The van der Waals surface area contributed by atoms with Crippen molar-refractivity contribution in [3.05, 3.63) is 27.8 Å².